The summed E-state index contributed by atoms with van der Waals surface area (Å²) < 4.78 is 0. The molecule has 0 spiro atoms. The van der Waals surface area contributed by atoms with Crippen LogP contribution in [0.2, 0.25) is 5.02 Å². The topological polar surface area (TPSA) is 20.2 Å². The van der Waals surface area contributed by atoms with E-state index in [1.807, 2.05) is 25.1 Å². The summed E-state index contributed by atoms with van der Waals surface area (Å²) >= 11 is 6.12. The highest BCUT2D eigenvalue weighted by Crippen LogP contribution is 2.32. The van der Waals surface area contributed by atoms with Crippen LogP contribution < -0.4 is 0 Å². The molecule has 1 unspecified atom stereocenters. The number of rotatable bonds is 4. The highest BCUT2D eigenvalue weighted by molar-refractivity contribution is 6.31. The fourth-order valence-corrected chi connectivity index (χ4v) is 2.21. The van der Waals surface area contributed by atoms with Crippen molar-refractivity contribution in [1.82, 2.24) is 0 Å². The van der Waals surface area contributed by atoms with Crippen molar-refractivity contribution in [1.29, 1.82) is 0 Å². The van der Waals surface area contributed by atoms with Crippen molar-refractivity contribution in [2.24, 2.45) is 5.92 Å². The second-order valence-electron chi connectivity index (χ2n) is 4.05. The van der Waals surface area contributed by atoms with Gasteiger partial charge in [0.05, 0.1) is 6.10 Å². The van der Waals surface area contributed by atoms with E-state index in [-0.39, 0.29) is 0 Å². The van der Waals surface area contributed by atoms with E-state index >= 15 is 0 Å². The number of aliphatic hydroxyl groups is 1. The minimum Gasteiger partial charge on any atom is -0.388 e. The van der Waals surface area contributed by atoms with E-state index in [9.17, 15) is 5.11 Å². The van der Waals surface area contributed by atoms with E-state index in [1.165, 1.54) is 0 Å². The van der Waals surface area contributed by atoms with Gasteiger partial charge in [-0.3, -0.25) is 0 Å². The Kier molecular flexibility index (Phi) is 4.62. The first-order valence-electron chi connectivity index (χ1n) is 5.54. The van der Waals surface area contributed by atoms with Gasteiger partial charge in [0, 0.05) is 5.02 Å². The summed E-state index contributed by atoms with van der Waals surface area (Å²) in [7, 11) is 0. The largest absolute Gasteiger partial charge is 0.388 e. The molecular weight excluding hydrogens is 208 g/mol. The summed E-state index contributed by atoms with van der Waals surface area (Å²) in [5.74, 6) is 0.296. The molecule has 1 aromatic rings. The molecule has 0 amide bonds. The van der Waals surface area contributed by atoms with Gasteiger partial charge in [-0.15, -0.1) is 0 Å². The van der Waals surface area contributed by atoms with Crippen molar-refractivity contribution in [3.05, 3.63) is 34.3 Å². The second-order valence-corrected chi connectivity index (χ2v) is 4.45. The van der Waals surface area contributed by atoms with Crippen molar-refractivity contribution in [3.63, 3.8) is 0 Å². The molecule has 0 aromatic heterocycles. The van der Waals surface area contributed by atoms with Crippen LogP contribution in [0.1, 0.15) is 43.9 Å². The minimum atomic E-state index is -0.437. The van der Waals surface area contributed by atoms with Crippen LogP contribution >= 0.6 is 11.6 Å². The number of halogens is 1. The van der Waals surface area contributed by atoms with Gasteiger partial charge in [-0.2, -0.15) is 0 Å². The predicted molar refractivity (Wildman–Crippen MR) is 65.2 cm³/mol. The first-order valence-corrected chi connectivity index (χ1v) is 5.92. The van der Waals surface area contributed by atoms with Crippen LogP contribution in [0.25, 0.3) is 0 Å². The van der Waals surface area contributed by atoms with Gasteiger partial charge < -0.3 is 5.11 Å². The highest BCUT2D eigenvalue weighted by atomic mass is 35.5. The van der Waals surface area contributed by atoms with Crippen LogP contribution in [-0.2, 0) is 0 Å². The fourth-order valence-electron chi connectivity index (χ4n) is 1.86. The molecule has 15 heavy (non-hydrogen) atoms. The van der Waals surface area contributed by atoms with Gasteiger partial charge in [0.15, 0.2) is 0 Å². The van der Waals surface area contributed by atoms with E-state index in [4.69, 9.17) is 11.6 Å². The first-order chi connectivity index (χ1) is 7.10. The maximum Gasteiger partial charge on any atom is 0.0832 e. The molecule has 0 bridgehead atoms. The van der Waals surface area contributed by atoms with Crippen molar-refractivity contribution in [3.8, 4) is 0 Å². The van der Waals surface area contributed by atoms with Crippen LogP contribution in [-0.4, -0.2) is 5.11 Å². The number of hydrogen-bond donors (Lipinski definition) is 1. The minimum absolute atomic E-state index is 0.296. The molecule has 1 atom stereocenters. The molecule has 1 rings (SSSR count). The molecule has 2 heteroatoms. The lowest BCUT2D eigenvalue weighted by Gasteiger charge is -2.21. The standard InChI is InChI=1S/C13H19ClO/c1-4-10(5-2)13(15)11-7-6-9(3)8-12(11)14/h6-8,10,13,15H,4-5H2,1-3H3. The Bertz CT molecular complexity index is 318. The zero-order chi connectivity index (χ0) is 11.4. The maximum atomic E-state index is 10.2. The monoisotopic (exact) mass is 226 g/mol. The SMILES string of the molecule is CCC(CC)C(O)c1ccc(C)cc1Cl. The zero-order valence-electron chi connectivity index (χ0n) is 9.63. The number of hydrogen-bond acceptors (Lipinski definition) is 1. The Labute approximate surface area is 97.1 Å². The third-order valence-corrected chi connectivity index (χ3v) is 3.30. The van der Waals surface area contributed by atoms with Crippen LogP contribution in [0.5, 0.6) is 0 Å². The van der Waals surface area contributed by atoms with E-state index < -0.39 is 6.10 Å². The third-order valence-electron chi connectivity index (χ3n) is 2.97. The Hall–Kier alpha value is -0.530. The lowest BCUT2D eigenvalue weighted by atomic mass is 9.91. The molecule has 0 saturated carbocycles. The summed E-state index contributed by atoms with van der Waals surface area (Å²) in [5, 5.41) is 10.8. The average Bonchev–Trinajstić information content (AvgIpc) is 2.19. The lowest BCUT2D eigenvalue weighted by molar-refractivity contribution is 0.103. The summed E-state index contributed by atoms with van der Waals surface area (Å²) in [6.07, 6.45) is 1.51. The summed E-state index contributed by atoms with van der Waals surface area (Å²) in [5.41, 5.74) is 1.98. The van der Waals surface area contributed by atoms with Gasteiger partial charge in [0.1, 0.15) is 0 Å². The molecule has 0 aliphatic carbocycles. The number of benzene rings is 1. The van der Waals surface area contributed by atoms with Crippen molar-refractivity contribution >= 4 is 11.6 Å². The lowest BCUT2D eigenvalue weighted by Crippen LogP contribution is -2.11. The van der Waals surface area contributed by atoms with E-state index in [0.29, 0.717) is 10.9 Å². The van der Waals surface area contributed by atoms with E-state index in [2.05, 4.69) is 13.8 Å². The van der Waals surface area contributed by atoms with Crippen LogP contribution in [0.15, 0.2) is 18.2 Å². The molecule has 0 heterocycles. The van der Waals surface area contributed by atoms with Crippen LogP contribution in [0, 0.1) is 12.8 Å². The van der Waals surface area contributed by atoms with Crippen LogP contribution in [0.3, 0.4) is 0 Å². The zero-order valence-corrected chi connectivity index (χ0v) is 10.4. The second kappa shape index (κ2) is 5.53. The van der Waals surface area contributed by atoms with Crippen molar-refractivity contribution < 1.29 is 5.11 Å². The smallest absolute Gasteiger partial charge is 0.0832 e. The normalized spacial score (nSPS) is 13.2. The first kappa shape index (κ1) is 12.5. The van der Waals surface area contributed by atoms with Gasteiger partial charge in [-0.05, 0) is 30.0 Å². The number of aryl methyl sites for hydroxylation is 1. The Morgan fingerprint density at radius 1 is 1.27 bits per heavy atom. The fraction of sp³-hybridized carbons (Fsp3) is 0.538. The summed E-state index contributed by atoms with van der Waals surface area (Å²) in [4.78, 5) is 0. The van der Waals surface area contributed by atoms with Gasteiger partial charge in [-0.1, -0.05) is 50.4 Å². The Morgan fingerprint density at radius 2 is 1.87 bits per heavy atom. The molecule has 0 radical (unpaired) electrons. The molecule has 0 fully saturated rings. The predicted octanol–water partition coefficient (Wildman–Crippen LogP) is 4.12. The molecule has 1 nitrogen and oxygen atoms in total. The summed E-state index contributed by atoms with van der Waals surface area (Å²) in [6.45, 7) is 6.19. The average molecular weight is 227 g/mol. The quantitative estimate of drug-likeness (QED) is 0.819. The highest BCUT2D eigenvalue weighted by Gasteiger charge is 2.19. The molecule has 0 saturated heterocycles. The van der Waals surface area contributed by atoms with Crippen molar-refractivity contribution in [2.45, 2.75) is 39.7 Å². The molecule has 0 aliphatic heterocycles. The van der Waals surface area contributed by atoms with E-state index in [1.54, 1.807) is 0 Å². The molecule has 1 aromatic carbocycles. The number of aliphatic hydroxyl groups excluding tert-OH is 1. The molecule has 84 valence electrons. The maximum absolute atomic E-state index is 10.2. The Balaban J connectivity index is 2.94. The van der Waals surface area contributed by atoms with Gasteiger partial charge in [0.2, 0.25) is 0 Å². The molecule has 0 aliphatic rings. The van der Waals surface area contributed by atoms with Gasteiger partial charge in [0.25, 0.3) is 0 Å². The van der Waals surface area contributed by atoms with Gasteiger partial charge in [-0.25, -0.2) is 0 Å². The van der Waals surface area contributed by atoms with E-state index in [0.717, 1.165) is 24.0 Å². The molecule has 1 N–H and O–H groups in total. The third kappa shape index (κ3) is 2.96. The Morgan fingerprint density at radius 3 is 2.33 bits per heavy atom. The summed E-state index contributed by atoms with van der Waals surface area (Å²) in [6, 6.07) is 5.83. The van der Waals surface area contributed by atoms with Gasteiger partial charge >= 0.3 is 0 Å². The van der Waals surface area contributed by atoms with Crippen molar-refractivity contribution in [2.75, 3.05) is 0 Å². The molecular formula is C13H19ClO. The van der Waals surface area contributed by atoms with Crippen LogP contribution in [0.4, 0.5) is 0 Å².